The van der Waals surface area contributed by atoms with Crippen LogP contribution in [0.4, 0.5) is 0 Å². The molecule has 6 nitrogen and oxygen atoms in total. The highest BCUT2D eigenvalue weighted by Gasteiger charge is 2.13. The average Bonchev–Trinajstić information content (AvgIpc) is 2.65. The van der Waals surface area contributed by atoms with E-state index in [1.807, 2.05) is 18.2 Å². The molecule has 0 aromatic heterocycles. The van der Waals surface area contributed by atoms with Crippen molar-refractivity contribution in [3.05, 3.63) is 60.2 Å². The molecule has 0 bridgehead atoms. The number of nitrogens with two attached hydrogens (primary N) is 1. The van der Waals surface area contributed by atoms with Gasteiger partial charge in [-0.25, -0.2) is 0 Å². The summed E-state index contributed by atoms with van der Waals surface area (Å²) in [6, 6.07) is 15.8. The lowest BCUT2D eigenvalue weighted by molar-refractivity contribution is -0.127. The van der Waals surface area contributed by atoms with Crippen molar-refractivity contribution in [3.8, 4) is 23.3 Å². The molecule has 0 fully saturated rings. The van der Waals surface area contributed by atoms with Gasteiger partial charge in [0.1, 0.15) is 18.1 Å². The minimum Gasteiger partial charge on any atom is -0.481 e. The molecule has 2 amide bonds. The number of ether oxygens (including phenoxy) is 2. The lowest BCUT2D eigenvalue weighted by Gasteiger charge is -2.13. The summed E-state index contributed by atoms with van der Waals surface area (Å²) >= 11 is 0. The van der Waals surface area contributed by atoms with Gasteiger partial charge in [-0.15, -0.1) is 0 Å². The van der Waals surface area contributed by atoms with Crippen molar-refractivity contribution in [2.45, 2.75) is 13.0 Å². The number of benzene rings is 2. The van der Waals surface area contributed by atoms with Gasteiger partial charge >= 0.3 is 0 Å². The van der Waals surface area contributed by atoms with E-state index in [0.717, 1.165) is 0 Å². The Balaban J connectivity index is 1.73. The highest BCUT2D eigenvalue weighted by Crippen LogP contribution is 2.16. The average molecular weight is 352 g/mol. The number of hydrogen-bond donors (Lipinski definition) is 2. The molecular weight excluding hydrogens is 332 g/mol. The second kappa shape index (κ2) is 9.74. The van der Waals surface area contributed by atoms with Gasteiger partial charge in [0.05, 0.1) is 12.1 Å². The van der Waals surface area contributed by atoms with Crippen molar-refractivity contribution in [1.82, 2.24) is 5.32 Å². The van der Waals surface area contributed by atoms with E-state index >= 15 is 0 Å². The van der Waals surface area contributed by atoms with Crippen molar-refractivity contribution >= 4 is 11.8 Å². The van der Waals surface area contributed by atoms with Crippen molar-refractivity contribution in [1.29, 1.82) is 0 Å². The maximum Gasteiger partial charge on any atom is 0.261 e. The van der Waals surface area contributed by atoms with Gasteiger partial charge in [0.25, 0.3) is 11.8 Å². The fraction of sp³-hybridized carbons (Fsp3) is 0.200. The van der Waals surface area contributed by atoms with Gasteiger partial charge in [0.2, 0.25) is 0 Å². The molecule has 0 saturated carbocycles. The summed E-state index contributed by atoms with van der Waals surface area (Å²) in [7, 11) is 0. The highest BCUT2D eigenvalue weighted by atomic mass is 16.5. The van der Waals surface area contributed by atoms with Gasteiger partial charge < -0.3 is 20.5 Å². The standard InChI is InChI=1S/C20H20N2O4/c1-15(26-16-9-3-2-4-10-16)20(24)22-13-7-8-14-25-18-12-6-5-11-17(18)19(21)23/h2-6,9-12,15H,13-14H2,1H3,(H2,21,23)(H,22,24)/t15-/m0/s1. The zero-order chi connectivity index (χ0) is 18.8. The summed E-state index contributed by atoms with van der Waals surface area (Å²) in [5, 5.41) is 2.66. The lowest BCUT2D eigenvalue weighted by Crippen LogP contribution is -2.36. The number of rotatable bonds is 7. The normalized spacial score (nSPS) is 10.8. The smallest absolute Gasteiger partial charge is 0.261 e. The van der Waals surface area contributed by atoms with Crippen LogP contribution in [0.2, 0.25) is 0 Å². The maximum absolute atomic E-state index is 11.9. The fourth-order valence-electron chi connectivity index (χ4n) is 2.06. The van der Waals surface area contributed by atoms with Crippen LogP contribution in [-0.4, -0.2) is 31.1 Å². The predicted octanol–water partition coefficient (Wildman–Crippen LogP) is 1.75. The van der Waals surface area contributed by atoms with E-state index in [9.17, 15) is 9.59 Å². The highest BCUT2D eigenvalue weighted by molar-refractivity contribution is 5.95. The van der Waals surface area contributed by atoms with Crippen LogP contribution in [0.25, 0.3) is 0 Å². The van der Waals surface area contributed by atoms with Gasteiger partial charge in [-0.1, -0.05) is 42.2 Å². The molecule has 0 aliphatic rings. The molecule has 2 aromatic rings. The zero-order valence-electron chi connectivity index (χ0n) is 14.4. The SMILES string of the molecule is C[C@H](Oc1ccccc1)C(=O)NCC#CCOc1ccccc1C(N)=O. The molecular formula is C20H20N2O4. The summed E-state index contributed by atoms with van der Waals surface area (Å²) in [5.41, 5.74) is 5.57. The van der Waals surface area contributed by atoms with Gasteiger partial charge in [-0.3, -0.25) is 9.59 Å². The molecule has 0 unspecified atom stereocenters. The Morgan fingerprint density at radius 2 is 1.77 bits per heavy atom. The lowest BCUT2D eigenvalue weighted by atomic mass is 10.2. The molecule has 1 atom stereocenters. The third kappa shape index (κ3) is 5.87. The second-order valence-electron chi connectivity index (χ2n) is 5.29. The van der Waals surface area contributed by atoms with E-state index in [1.165, 1.54) is 0 Å². The summed E-state index contributed by atoms with van der Waals surface area (Å²) in [4.78, 5) is 23.2. The first-order valence-corrected chi connectivity index (χ1v) is 8.04. The Bertz CT molecular complexity index is 809. The molecule has 0 saturated heterocycles. The van der Waals surface area contributed by atoms with E-state index in [1.54, 1.807) is 43.3 Å². The first-order chi connectivity index (χ1) is 12.6. The Labute approximate surface area is 152 Å². The van der Waals surface area contributed by atoms with Gasteiger partial charge in [0, 0.05) is 0 Å². The number of para-hydroxylation sites is 2. The van der Waals surface area contributed by atoms with E-state index in [4.69, 9.17) is 15.2 Å². The Hall–Kier alpha value is -3.46. The van der Waals surface area contributed by atoms with Crippen molar-refractivity contribution < 1.29 is 19.1 Å². The Morgan fingerprint density at radius 3 is 2.50 bits per heavy atom. The number of amides is 2. The minimum atomic E-state index is -0.627. The third-order valence-electron chi connectivity index (χ3n) is 3.35. The predicted molar refractivity (Wildman–Crippen MR) is 97.8 cm³/mol. The molecule has 134 valence electrons. The fourth-order valence-corrected chi connectivity index (χ4v) is 2.06. The molecule has 0 aliphatic carbocycles. The van der Waals surface area contributed by atoms with Crippen LogP contribution in [-0.2, 0) is 4.79 Å². The van der Waals surface area contributed by atoms with Gasteiger partial charge in [-0.2, -0.15) is 0 Å². The van der Waals surface area contributed by atoms with Crippen LogP contribution >= 0.6 is 0 Å². The molecule has 26 heavy (non-hydrogen) atoms. The molecule has 0 spiro atoms. The summed E-state index contributed by atoms with van der Waals surface area (Å²) in [6.07, 6.45) is -0.627. The third-order valence-corrected chi connectivity index (χ3v) is 3.35. The van der Waals surface area contributed by atoms with E-state index in [-0.39, 0.29) is 19.1 Å². The van der Waals surface area contributed by atoms with Crippen molar-refractivity contribution in [2.24, 2.45) is 5.73 Å². The zero-order valence-corrected chi connectivity index (χ0v) is 14.4. The summed E-state index contributed by atoms with van der Waals surface area (Å²) < 4.78 is 10.9. The molecule has 0 aliphatic heterocycles. The van der Waals surface area contributed by atoms with Crippen LogP contribution in [0, 0.1) is 11.8 Å². The van der Waals surface area contributed by atoms with Crippen LogP contribution < -0.4 is 20.5 Å². The number of hydrogen-bond acceptors (Lipinski definition) is 4. The Morgan fingerprint density at radius 1 is 1.08 bits per heavy atom. The first kappa shape index (κ1) is 18.9. The summed E-state index contributed by atoms with van der Waals surface area (Å²) in [5.74, 6) is 5.72. The second-order valence-corrected chi connectivity index (χ2v) is 5.29. The van der Waals surface area contributed by atoms with Crippen molar-refractivity contribution in [3.63, 3.8) is 0 Å². The monoisotopic (exact) mass is 352 g/mol. The molecule has 3 N–H and O–H groups in total. The maximum atomic E-state index is 11.9. The van der Waals surface area contributed by atoms with Crippen LogP contribution in [0.5, 0.6) is 11.5 Å². The number of primary amides is 1. The van der Waals surface area contributed by atoms with Crippen molar-refractivity contribution in [2.75, 3.05) is 13.2 Å². The number of carbonyl (C=O) groups is 2. The van der Waals surface area contributed by atoms with E-state index in [0.29, 0.717) is 17.1 Å². The molecule has 0 radical (unpaired) electrons. The largest absolute Gasteiger partial charge is 0.481 e. The number of nitrogens with one attached hydrogen (secondary N) is 1. The quantitative estimate of drug-likeness (QED) is 0.743. The Kier molecular flexibility index (Phi) is 7.07. The first-order valence-electron chi connectivity index (χ1n) is 8.04. The van der Waals surface area contributed by atoms with Gasteiger partial charge in [0.15, 0.2) is 6.10 Å². The van der Waals surface area contributed by atoms with Crippen LogP contribution in [0.3, 0.4) is 0 Å². The molecule has 0 heterocycles. The van der Waals surface area contributed by atoms with Crippen LogP contribution in [0.1, 0.15) is 17.3 Å². The van der Waals surface area contributed by atoms with Gasteiger partial charge in [-0.05, 0) is 31.2 Å². The topological polar surface area (TPSA) is 90.7 Å². The minimum absolute atomic E-state index is 0.0796. The van der Waals surface area contributed by atoms with E-state index < -0.39 is 12.0 Å². The summed E-state index contributed by atoms with van der Waals surface area (Å²) in [6.45, 7) is 1.91. The molecule has 2 aromatic carbocycles. The molecule has 6 heteroatoms. The van der Waals surface area contributed by atoms with E-state index in [2.05, 4.69) is 17.2 Å². The molecule has 2 rings (SSSR count). The number of carbonyl (C=O) groups excluding carboxylic acids is 2. The van der Waals surface area contributed by atoms with Crippen LogP contribution in [0.15, 0.2) is 54.6 Å².